The summed E-state index contributed by atoms with van der Waals surface area (Å²) in [6.45, 7) is 2.16. The van der Waals surface area contributed by atoms with E-state index in [1.165, 1.54) is 32.1 Å². The number of anilines is 1. The molecule has 4 nitrogen and oxygen atoms in total. The SMILES string of the molecule is COc1ccccc1NC(=S)N(C1CCCCC1)[C@H](C)c1ccco1. The van der Waals surface area contributed by atoms with Gasteiger partial charge in [0.05, 0.1) is 25.1 Å². The van der Waals surface area contributed by atoms with Crippen molar-refractivity contribution in [3.63, 3.8) is 0 Å². The van der Waals surface area contributed by atoms with Crippen molar-refractivity contribution in [1.29, 1.82) is 0 Å². The maximum Gasteiger partial charge on any atom is 0.174 e. The van der Waals surface area contributed by atoms with Gasteiger partial charge in [-0.25, -0.2) is 0 Å². The average molecular weight is 359 g/mol. The van der Waals surface area contributed by atoms with Crippen molar-refractivity contribution in [2.75, 3.05) is 12.4 Å². The zero-order valence-electron chi connectivity index (χ0n) is 14.9. The second-order valence-corrected chi connectivity index (χ2v) is 6.91. The fraction of sp³-hybridized carbons (Fsp3) is 0.450. The van der Waals surface area contributed by atoms with Crippen molar-refractivity contribution in [3.05, 3.63) is 48.4 Å². The van der Waals surface area contributed by atoms with E-state index in [4.69, 9.17) is 21.4 Å². The lowest BCUT2D eigenvalue weighted by atomic mass is 9.93. The van der Waals surface area contributed by atoms with Crippen LogP contribution >= 0.6 is 12.2 Å². The highest BCUT2D eigenvalue weighted by atomic mass is 32.1. The number of benzene rings is 1. The average Bonchev–Trinajstić information content (AvgIpc) is 3.18. The molecule has 0 amide bonds. The topological polar surface area (TPSA) is 37.6 Å². The number of nitrogens with one attached hydrogen (secondary N) is 1. The van der Waals surface area contributed by atoms with Gasteiger partial charge in [0.25, 0.3) is 0 Å². The predicted octanol–water partition coefficient (Wildman–Crippen LogP) is 5.38. The number of hydrogen-bond acceptors (Lipinski definition) is 3. The number of para-hydroxylation sites is 2. The number of furan rings is 1. The van der Waals surface area contributed by atoms with Crippen molar-refractivity contribution in [3.8, 4) is 5.75 Å². The van der Waals surface area contributed by atoms with Crippen LogP contribution in [0.1, 0.15) is 50.8 Å². The van der Waals surface area contributed by atoms with Crippen LogP contribution < -0.4 is 10.1 Å². The number of hydrogen-bond donors (Lipinski definition) is 1. The third-order valence-electron chi connectivity index (χ3n) is 4.92. The van der Waals surface area contributed by atoms with Crippen molar-refractivity contribution in [1.82, 2.24) is 4.90 Å². The lowest BCUT2D eigenvalue weighted by Crippen LogP contribution is -2.45. The number of nitrogens with zero attached hydrogens (tertiary/aromatic N) is 1. The summed E-state index contributed by atoms with van der Waals surface area (Å²) < 4.78 is 11.1. The zero-order chi connectivity index (χ0) is 17.6. The maximum absolute atomic E-state index is 5.81. The Hall–Kier alpha value is -2.01. The molecule has 3 rings (SSSR count). The van der Waals surface area contributed by atoms with E-state index < -0.39 is 0 Å². The summed E-state index contributed by atoms with van der Waals surface area (Å²) >= 11 is 5.81. The van der Waals surface area contributed by atoms with E-state index in [1.807, 2.05) is 36.4 Å². The van der Waals surface area contributed by atoms with Gasteiger partial charge in [-0.1, -0.05) is 31.4 Å². The molecular formula is C20H26N2O2S. The van der Waals surface area contributed by atoms with E-state index >= 15 is 0 Å². The summed E-state index contributed by atoms with van der Waals surface area (Å²) in [7, 11) is 1.67. The Balaban J connectivity index is 1.83. The minimum atomic E-state index is 0.0906. The summed E-state index contributed by atoms with van der Waals surface area (Å²) in [6, 6.07) is 12.3. The smallest absolute Gasteiger partial charge is 0.174 e. The summed E-state index contributed by atoms with van der Waals surface area (Å²) in [5.74, 6) is 1.73. The molecule has 1 N–H and O–H groups in total. The first kappa shape index (κ1) is 17.8. The van der Waals surface area contributed by atoms with Gasteiger partial charge < -0.3 is 19.4 Å². The Morgan fingerprint density at radius 3 is 2.64 bits per heavy atom. The molecule has 1 heterocycles. The van der Waals surface area contributed by atoms with E-state index in [0.29, 0.717) is 6.04 Å². The quantitative estimate of drug-likeness (QED) is 0.726. The largest absolute Gasteiger partial charge is 0.495 e. The molecule has 134 valence electrons. The molecule has 1 aliphatic rings. The van der Waals surface area contributed by atoms with Crippen molar-refractivity contribution < 1.29 is 9.15 Å². The number of ether oxygens (including phenoxy) is 1. The lowest BCUT2D eigenvalue weighted by Gasteiger charge is -2.39. The Labute approximate surface area is 155 Å². The molecule has 1 saturated carbocycles. The summed E-state index contributed by atoms with van der Waals surface area (Å²) in [5, 5.41) is 4.11. The number of thiocarbonyl (C=S) groups is 1. The molecule has 1 aromatic heterocycles. The molecule has 0 spiro atoms. The molecule has 1 aromatic carbocycles. The first-order valence-electron chi connectivity index (χ1n) is 8.96. The van der Waals surface area contributed by atoms with Gasteiger partial charge in [0.15, 0.2) is 5.11 Å². The van der Waals surface area contributed by atoms with Crippen LogP contribution in [0.25, 0.3) is 0 Å². The van der Waals surface area contributed by atoms with Crippen LogP contribution in [0.5, 0.6) is 5.75 Å². The minimum absolute atomic E-state index is 0.0906. The standard InChI is InChI=1S/C20H26N2O2S/c1-15(18-13-8-14-24-18)22(16-9-4-3-5-10-16)20(25)21-17-11-6-7-12-19(17)23-2/h6-8,11-16H,3-5,9-10H2,1-2H3,(H,21,25)/t15-/m1/s1. The fourth-order valence-electron chi connectivity index (χ4n) is 3.61. The Kier molecular flexibility index (Phi) is 5.97. The van der Waals surface area contributed by atoms with Gasteiger partial charge in [-0.2, -0.15) is 0 Å². The van der Waals surface area contributed by atoms with Gasteiger partial charge in [0.2, 0.25) is 0 Å². The molecular weight excluding hydrogens is 332 g/mol. The van der Waals surface area contributed by atoms with Gasteiger partial charge in [0.1, 0.15) is 11.5 Å². The van der Waals surface area contributed by atoms with E-state index in [-0.39, 0.29) is 6.04 Å². The maximum atomic E-state index is 5.81. The Bertz CT molecular complexity index is 681. The van der Waals surface area contributed by atoms with E-state index in [9.17, 15) is 0 Å². The first-order chi connectivity index (χ1) is 12.2. The third-order valence-corrected chi connectivity index (χ3v) is 5.24. The molecule has 1 aliphatic carbocycles. The van der Waals surface area contributed by atoms with Crippen LogP contribution in [0.4, 0.5) is 5.69 Å². The third kappa shape index (κ3) is 4.15. The van der Waals surface area contributed by atoms with Crippen LogP contribution in [-0.4, -0.2) is 23.2 Å². The molecule has 1 atom stereocenters. The van der Waals surface area contributed by atoms with E-state index in [2.05, 4.69) is 17.1 Å². The van der Waals surface area contributed by atoms with Crippen LogP contribution in [0.15, 0.2) is 47.1 Å². The van der Waals surface area contributed by atoms with Crippen LogP contribution in [-0.2, 0) is 0 Å². The van der Waals surface area contributed by atoms with Gasteiger partial charge in [-0.15, -0.1) is 0 Å². The fourth-order valence-corrected chi connectivity index (χ4v) is 4.03. The molecule has 5 heteroatoms. The normalized spacial score (nSPS) is 16.2. The second kappa shape index (κ2) is 8.39. The molecule has 0 bridgehead atoms. The van der Waals surface area contributed by atoms with Crippen LogP contribution in [0.2, 0.25) is 0 Å². The Morgan fingerprint density at radius 2 is 1.96 bits per heavy atom. The van der Waals surface area contributed by atoms with E-state index in [1.54, 1.807) is 13.4 Å². The Morgan fingerprint density at radius 1 is 1.20 bits per heavy atom. The minimum Gasteiger partial charge on any atom is -0.495 e. The zero-order valence-corrected chi connectivity index (χ0v) is 15.7. The van der Waals surface area contributed by atoms with Crippen molar-refractivity contribution >= 4 is 23.0 Å². The van der Waals surface area contributed by atoms with Crippen LogP contribution in [0.3, 0.4) is 0 Å². The van der Waals surface area contributed by atoms with Crippen molar-refractivity contribution in [2.45, 2.75) is 51.1 Å². The molecule has 0 radical (unpaired) electrons. The van der Waals surface area contributed by atoms with Crippen molar-refractivity contribution in [2.24, 2.45) is 0 Å². The summed E-state index contributed by atoms with van der Waals surface area (Å²) in [5.41, 5.74) is 0.891. The molecule has 0 saturated heterocycles. The molecule has 1 fully saturated rings. The highest BCUT2D eigenvalue weighted by Gasteiger charge is 2.29. The predicted molar refractivity (Wildman–Crippen MR) is 105 cm³/mol. The van der Waals surface area contributed by atoms with Gasteiger partial charge in [-0.05, 0) is 56.2 Å². The van der Waals surface area contributed by atoms with Gasteiger partial charge in [0, 0.05) is 6.04 Å². The van der Waals surface area contributed by atoms with Crippen LogP contribution in [0, 0.1) is 0 Å². The van der Waals surface area contributed by atoms with E-state index in [0.717, 1.165) is 22.3 Å². The van der Waals surface area contributed by atoms with Gasteiger partial charge >= 0.3 is 0 Å². The monoisotopic (exact) mass is 358 g/mol. The number of methoxy groups -OCH3 is 1. The number of rotatable bonds is 5. The highest BCUT2D eigenvalue weighted by Crippen LogP contribution is 2.32. The van der Waals surface area contributed by atoms with Gasteiger partial charge in [-0.3, -0.25) is 0 Å². The molecule has 0 unspecified atom stereocenters. The first-order valence-corrected chi connectivity index (χ1v) is 9.37. The molecule has 25 heavy (non-hydrogen) atoms. The second-order valence-electron chi connectivity index (χ2n) is 6.52. The summed E-state index contributed by atoms with van der Waals surface area (Å²) in [4.78, 5) is 2.31. The highest BCUT2D eigenvalue weighted by molar-refractivity contribution is 7.80. The molecule has 0 aliphatic heterocycles. The lowest BCUT2D eigenvalue weighted by molar-refractivity contribution is 0.186. The molecule has 2 aromatic rings. The summed E-state index contributed by atoms with van der Waals surface area (Å²) in [6.07, 6.45) is 7.87.